The van der Waals surface area contributed by atoms with Crippen LogP contribution in [0.3, 0.4) is 0 Å². The first-order chi connectivity index (χ1) is 11.7. The largest absolute Gasteiger partial charge is 0.383 e. The average Bonchev–Trinajstić information content (AvgIpc) is 2.89. The van der Waals surface area contributed by atoms with E-state index in [9.17, 15) is 9.59 Å². The Bertz CT molecular complexity index is 552. The van der Waals surface area contributed by atoms with E-state index in [4.69, 9.17) is 4.74 Å². The number of benzene rings is 1. The van der Waals surface area contributed by atoms with Gasteiger partial charge in [0.05, 0.1) is 17.9 Å². The first kappa shape index (κ1) is 21.8. The van der Waals surface area contributed by atoms with Crippen LogP contribution in [-0.2, 0) is 9.53 Å². The SMILES string of the molecule is COCCNC(=O)CSc1ccccc1C(=O)N1CCCNCC1.Cl. The summed E-state index contributed by atoms with van der Waals surface area (Å²) in [5, 5.41) is 6.09. The third-order valence-corrected chi connectivity index (χ3v) is 4.81. The number of nitrogens with zero attached hydrogens (tertiary/aromatic N) is 1. The number of amides is 2. The fraction of sp³-hybridized carbons (Fsp3) is 0.529. The molecule has 25 heavy (non-hydrogen) atoms. The predicted molar refractivity (Wildman–Crippen MR) is 103 cm³/mol. The first-order valence-corrected chi connectivity index (χ1v) is 9.18. The van der Waals surface area contributed by atoms with Crippen LogP contribution in [-0.4, -0.2) is 68.9 Å². The average molecular weight is 388 g/mol. The molecule has 8 heteroatoms. The smallest absolute Gasteiger partial charge is 0.255 e. The molecule has 0 atom stereocenters. The number of carbonyl (C=O) groups excluding carboxylic acids is 2. The minimum Gasteiger partial charge on any atom is -0.383 e. The van der Waals surface area contributed by atoms with Gasteiger partial charge in [-0.2, -0.15) is 0 Å². The summed E-state index contributed by atoms with van der Waals surface area (Å²) in [6.07, 6.45) is 0.961. The van der Waals surface area contributed by atoms with Gasteiger partial charge in [0.1, 0.15) is 0 Å². The summed E-state index contributed by atoms with van der Waals surface area (Å²) in [6.45, 7) is 4.24. The number of carbonyl (C=O) groups is 2. The topological polar surface area (TPSA) is 70.7 Å². The summed E-state index contributed by atoms with van der Waals surface area (Å²) in [4.78, 5) is 27.4. The Morgan fingerprint density at radius 1 is 1.28 bits per heavy atom. The second-order valence-corrected chi connectivity index (χ2v) is 6.54. The van der Waals surface area contributed by atoms with E-state index in [0.29, 0.717) is 18.7 Å². The number of nitrogens with one attached hydrogen (secondary N) is 2. The number of ether oxygens (including phenoxy) is 1. The molecule has 2 rings (SSSR count). The maximum atomic E-state index is 12.8. The van der Waals surface area contributed by atoms with Crippen LogP contribution >= 0.6 is 24.2 Å². The summed E-state index contributed by atoms with van der Waals surface area (Å²) in [6, 6.07) is 7.50. The van der Waals surface area contributed by atoms with Crippen molar-refractivity contribution in [2.75, 3.05) is 52.2 Å². The van der Waals surface area contributed by atoms with Crippen LogP contribution in [0.1, 0.15) is 16.8 Å². The molecule has 1 saturated heterocycles. The molecule has 0 bridgehead atoms. The standard InChI is InChI=1S/C17H25N3O3S.ClH/c1-23-12-9-19-16(21)13-24-15-6-3-2-5-14(15)17(22)20-10-4-7-18-8-11-20;/h2-3,5-6,18H,4,7-13H2,1H3,(H,19,21);1H. The molecule has 0 aliphatic carbocycles. The molecule has 6 nitrogen and oxygen atoms in total. The van der Waals surface area contributed by atoms with Gasteiger partial charge in [-0.1, -0.05) is 12.1 Å². The molecular formula is C17H26ClN3O3S. The van der Waals surface area contributed by atoms with Gasteiger partial charge in [-0.3, -0.25) is 9.59 Å². The monoisotopic (exact) mass is 387 g/mol. The summed E-state index contributed by atoms with van der Waals surface area (Å²) in [5.74, 6) is 0.273. The van der Waals surface area contributed by atoms with Crippen molar-refractivity contribution in [3.63, 3.8) is 0 Å². The molecule has 1 aromatic rings. The van der Waals surface area contributed by atoms with E-state index >= 15 is 0 Å². The van der Waals surface area contributed by atoms with E-state index in [1.165, 1.54) is 11.8 Å². The molecule has 1 aromatic carbocycles. The normalized spacial score (nSPS) is 14.4. The van der Waals surface area contributed by atoms with Crippen molar-refractivity contribution in [1.29, 1.82) is 0 Å². The molecule has 0 radical (unpaired) electrons. The lowest BCUT2D eigenvalue weighted by atomic mass is 10.2. The molecule has 1 aliphatic rings. The molecule has 2 N–H and O–H groups in total. The Morgan fingerprint density at radius 3 is 2.88 bits per heavy atom. The van der Waals surface area contributed by atoms with E-state index < -0.39 is 0 Å². The highest BCUT2D eigenvalue weighted by atomic mass is 35.5. The zero-order valence-electron chi connectivity index (χ0n) is 14.5. The lowest BCUT2D eigenvalue weighted by Crippen LogP contribution is -2.34. The van der Waals surface area contributed by atoms with Gasteiger partial charge in [-0.15, -0.1) is 24.2 Å². The summed E-state index contributed by atoms with van der Waals surface area (Å²) in [7, 11) is 1.60. The highest BCUT2D eigenvalue weighted by molar-refractivity contribution is 8.00. The minimum absolute atomic E-state index is 0. The third-order valence-electron chi connectivity index (χ3n) is 3.73. The molecule has 0 unspecified atom stereocenters. The lowest BCUT2D eigenvalue weighted by molar-refractivity contribution is -0.118. The van der Waals surface area contributed by atoms with Crippen molar-refractivity contribution >= 4 is 36.0 Å². The number of hydrogen-bond donors (Lipinski definition) is 2. The molecule has 1 aliphatic heterocycles. The zero-order valence-corrected chi connectivity index (χ0v) is 16.1. The fourth-order valence-corrected chi connectivity index (χ4v) is 3.35. The zero-order chi connectivity index (χ0) is 17.2. The molecule has 1 fully saturated rings. The van der Waals surface area contributed by atoms with E-state index in [2.05, 4.69) is 10.6 Å². The Hall–Kier alpha value is -1.28. The molecule has 140 valence electrons. The Labute approximate surface area is 159 Å². The maximum Gasteiger partial charge on any atom is 0.255 e. The van der Waals surface area contributed by atoms with E-state index in [-0.39, 0.29) is 30.0 Å². The summed E-state index contributed by atoms with van der Waals surface area (Å²) >= 11 is 1.39. The van der Waals surface area contributed by atoms with Crippen LogP contribution in [0, 0.1) is 0 Å². The van der Waals surface area contributed by atoms with Crippen LogP contribution in [0.4, 0.5) is 0 Å². The van der Waals surface area contributed by atoms with Crippen molar-refractivity contribution in [2.24, 2.45) is 0 Å². The van der Waals surface area contributed by atoms with Crippen molar-refractivity contribution in [2.45, 2.75) is 11.3 Å². The first-order valence-electron chi connectivity index (χ1n) is 8.20. The Balaban J connectivity index is 0.00000312. The second kappa shape index (κ2) is 12.1. The number of thioether (sulfide) groups is 1. The van der Waals surface area contributed by atoms with Crippen molar-refractivity contribution in [3.8, 4) is 0 Å². The van der Waals surface area contributed by atoms with Gasteiger partial charge in [-0.05, 0) is 25.1 Å². The summed E-state index contributed by atoms with van der Waals surface area (Å²) in [5.41, 5.74) is 0.675. The predicted octanol–water partition coefficient (Wildman–Crippen LogP) is 1.40. The third kappa shape index (κ3) is 7.23. The van der Waals surface area contributed by atoms with E-state index in [1.54, 1.807) is 7.11 Å². The van der Waals surface area contributed by atoms with Crippen LogP contribution in [0.15, 0.2) is 29.2 Å². The lowest BCUT2D eigenvalue weighted by Gasteiger charge is -2.21. The van der Waals surface area contributed by atoms with Crippen molar-refractivity contribution in [3.05, 3.63) is 29.8 Å². The summed E-state index contributed by atoms with van der Waals surface area (Å²) < 4.78 is 4.91. The van der Waals surface area contributed by atoms with Crippen LogP contribution in [0.25, 0.3) is 0 Å². The highest BCUT2D eigenvalue weighted by Crippen LogP contribution is 2.24. The molecule has 2 amide bonds. The second-order valence-electron chi connectivity index (χ2n) is 5.52. The van der Waals surface area contributed by atoms with Gasteiger partial charge in [0.25, 0.3) is 5.91 Å². The van der Waals surface area contributed by atoms with Gasteiger partial charge in [0, 0.05) is 38.2 Å². The van der Waals surface area contributed by atoms with Gasteiger partial charge >= 0.3 is 0 Å². The molecule has 1 heterocycles. The quantitative estimate of drug-likeness (QED) is 0.546. The Kier molecular flexibility index (Phi) is 10.6. The van der Waals surface area contributed by atoms with Gasteiger partial charge < -0.3 is 20.3 Å². The van der Waals surface area contributed by atoms with Gasteiger partial charge in [-0.25, -0.2) is 0 Å². The number of hydrogen-bond acceptors (Lipinski definition) is 5. The molecule has 0 saturated carbocycles. The Morgan fingerprint density at radius 2 is 2.08 bits per heavy atom. The van der Waals surface area contributed by atoms with Gasteiger partial charge in [0.2, 0.25) is 5.91 Å². The maximum absolute atomic E-state index is 12.8. The van der Waals surface area contributed by atoms with Gasteiger partial charge in [0.15, 0.2) is 0 Å². The van der Waals surface area contributed by atoms with E-state index in [1.807, 2.05) is 29.2 Å². The van der Waals surface area contributed by atoms with Crippen LogP contribution < -0.4 is 10.6 Å². The molecule has 0 aromatic heterocycles. The number of rotatable bonds is 7. The van der Waals surface area contributed by atoms with Crippen molar-refractivity contribution in [1.82, 2.24) is 15.5 Å². The van der Waals surface area contributed by atoms with Crippen molar-refractivity contribution < 1.29 is 14.3 Å². The number of methoxy groups -OCH3 is 1. The highest BCUT2D eigenvalue weighted by Gasteiger charge is 2.20. The molecular weight excluding hydrogens is 362 g/mol. The molecule has 0 spiro atoms. The fourth-order valence-electron chi connectivity index (χ4n) is 2.48. The minimum atomic E-state index is -0.0572. The van der Waals surface area contributed by atoms with Crippen LogP contribution in [0.2, 0.25) is 0 Å². The number of halogens is 1. The van der Waals surface area contributed by atoms with E-state index in [0.717, 1.165) is 37.5 Å². The van der Waals surface area contributed by atoms with Crippen LogP contribution in [0.5, 0.6) is 0 Å².